The molecule has 2 rings (SSSR count). The number of carboxylic acid groups (broad SMARTS) is 2. The Labute approximate surface area is 193 Å². The average molecular weight is 455 g/mol. The van der Waals surface area contributed by atoms with E-state index < -0.39 is 11.9 Å². The number of ether oxygens (including phenoxy) is 2. The highest BCUT2D eigenvalue weighted by Gasteiger charge is 2.07. The van der Waals surface area contributed by atoms with Crippen molar-refractivity contribution >= 4 is 35.5 Å². The molecule has 0 fully saturated rings. The van der Waals surface area contributed by atoms with Gasteiger partial charge in [0.25, 0.3) is 0 Å². The normalized spacial score (nSPS) is 11.0. The van der Waals surface area contributed by atoms with Crippen LogP contribution in [0.15, 0.2) is 48.6 Å². The van der Waals surface area contributed by atoms with E-state index in [2.05, 4.69) is 10.6 Å². The van der Waals surface area contributed by atoms with E-state index in [4.69, 9.17) is 19.7 Å². The first-order chi connectivity index (χ1) is 15.9. The van der Waals surface area contributed by atoms with E-state index in [0.29, 0.717) is 31.1 Å². The van der Waals surface area contributed by atoms with Gasteiger partial charge in [0.05, 0.1) is 24.6 Å². The third-order valence-corrected chi connectivity index (χ3v) is 4.39. The quantitative estimate of drug-likeness (QED) is 0.242. The van der Waals surface area contributed by atoms with Crippen LogP contribution in [0.4, 0.5) is 11.4 Å². The summed E-state index contributed by atoms with van der Waals surface area (Å²) in [5.74, 6) is -0.744. The number of carbonyl (C=O) groups is 2. The second-order valence-corrected chi connectivity index (χ2v) is 6.97. The Morgan fingerprint density at radius 1 is 0.788 bits per heavy atom. The lowest BCUT2D eigenvalue weighted by Crippen LogP contribution is -2.08. The van der Waals surface area contributed by atoms with Gasteiger partial charge in [-0.2, -0.15) is 0 Å². The minimum absolute atomic E-state index is 0.402. The summed E-state index contributed by atoms with van der Waals surface area (Å²) in [5, 5.41) is 24.1. The van der Waals surface area contributed by atoms with E-state index >= 15 is 0 Å². The number of anilines is 2. The molecule has 4 N–H and O–H groups in total. The highest BCUT2D eigenvalue weighted by atomic mass is 16.5. The second kappa shape index (κ2) is 13.5. The molecular weight excluding hydrogens is 424 g/mol. The lowest BCUT2D eigenvalue weighted by molar-refractivity contribution is -0.132. The second-order valence-electron chi connectivity index (χ2n) is 6.97. The van der Waals surface area contributed by atoms with Gasteiger partial charge in [0.1, 0.15) is 11.5 Å². The number of carboxylic acids is 2. The Hall–Kier alpha value is -3.94. The van der Waals surface area contributed by atoms with Gasteiger partial charge in [0, 0.05) is 31.7 Å². The molecule has 0 spiro atoms. The van der Waals surface area contributed by atoms with Gasteiger partial charge < -0.3 is 30.3 Å². The van der Waals surface area contributed by atoms with Crippen molar-refractivity contribution in [1.29, 1.82) is 0 Å². The first kappa shape index (κ1) is 25.3. The molecule has 8 nitrogen and oxygen atoms in total. The van der Waals surface area contributed by atoms with Crippen LogP contribution in [0, 0.1) is 0 Å². The van der Waals surface area contributed by atoms with Crippen LogP contribution in [0.1, 0.15) is 31.4 Å². The van der Waals surface area contributed by atoms with Crippen molar-refractivity contribution < 1.29 is 29.3 Å². The smallest absolute Gasteiger partial charge is 0.328 e. The van der Waals surface area contributed by atoms with E-state index in [1.54, 1.807) is 12.1 Å². The summed E-state index contributed by atoms with van der Waals surface area (Å²) >= 11 is 0. The zero-order chi connectivity index (χ0) is 24.1. The number of benzene rings is 2. The first-order valence-electron chi connectivity index (χ1n) is 10.8. The molecule has 0 heterocycles. The summed E-state index contributed by atoms with van der Waals surface area (Å²) in [6.07, 6.45) is 5.81. The summed E-state index contributed by atoms with van der Waals surface area (Å²) in [6.45, 7) is 6.22. The predicted octanol–water partition coefficient (Wildman–Crippen LogP) is 4.59. The van der Waals surface area contributed by atoms with Crippen molar-refractivity contribution in [2.45, 2.75) is 20.3 Å². The van der Waals surface area contributed by atoms with Crippen molar-refractivity contribution in [2.75, 3.05) is 36.9 Å². The molecule has 33 heavy (non-hydrogen) atoms. The van der Waals surface area contributed by atoms with Crippen LogP contribution in [0.3, 0.4) is 0 Å². The fourth-order valence-electron chi connectivity index (χ4n) is 2.96. The van der Waals surface area contributed by atoms with Gasteiger partial charge in [0.15, 0.2) is 0 Å². The largest absolute Gasteiger partial charge is 0.491 e. The number of rotatable bonds is 14. The van der Waals surface area contributed by atoms with Crippen molar-refractivity contribution in [3.8, 4) is 11.5 Å². The standard InChI is InChI=1S/C25H30N2O6/c1-3-26-20-10-6-18(8-12-24(28)29)16-22(20)32-14-5-15-33-23-17-19(9-13-25(30)31)7-11-21(23)27-4-2/h6-13,16-17,26-27H,3-5,14-15H2,1-2H3,(H,28,29)(H,30,31). The zero-order valence-electron chi connectivity index (χ0n) is 18.8. The maximum absolute atomic E-state index is 10.8. The van der Waals surface area contributed by atoms with Crippen LogP contribution in [-0.4, -0.2) is 48.5 Å². The Bertz CT molecular complexity index is 921. The average Bonchev–Trinajstić information content (AvgIpc) is 2.78. The lowest BCUT2D eigenvalue weighted by Gasteiger charge is -2.15. The van der Waals surface area contributed by atoms with Gasteiger partial charge in [-0.3, -0.25) is 0 Å². The van der Waals surface area contributed by atoms with Gasteiger partial charge in [0.2, 0.25) is 0 Å². The van der Waals surface area contributed by atoms with Crippen molar-refractivity contribution in [3.05, 3.63) is 59.7 Å². The number of nitrogens with one attached hydrogen (secondary N) is 2. The molecule has 2 aromatic rings. The highest BCUT2D eigenvalue weighted by molar-refractivity contribution is 5.86. The third-order valence-electron chi connectivity index (χ3n) is 4.39. The van der Waals surface area contributed by atoms with E-state index in [9.17, 15) is 9.59 Å². The molecule has 0 unspecified atom stereocenters. The Morgan fingerprint density at radius 2 is 1.21 bits per heavy atom. The number of aliphatic carboxylic acids is 2. The topological polar surface area (TPSA) is 117 Å². The molecule has 0 aliphatic rings. The monoisotopic (exact) mass is 454 g/mol. The number of hydrogen-bond donors (Lipinski definition) is 4. The van der Waals surface area contributed by atoms with E-state index in [1.807, 2.05) is 38.1 Å². The predicted molar refractivity (Wildman–Crippen MR) is 130 cm³/mol. The van der Waals surface area contributed by atoms with E-state index in [1.165, 1.54) is 12.2 Å². The van der Waals surface area contributed by atoms with Gasteiger partial charge in [-0.1, -0.05) is 12.1 Å². The molecule has 0 radical (unpaired) electrons. The third kappa shape index (κ3) is 8.98. The molecule has 0 aromatic heterocycles. The molecule has 0 atom stereocenters. The Kier molecular flexibility index (Phi) is 10.3. The lowest BCUT2D eigenvalue weighted by atomic mass is 10.1. The van der Waals surface area contributed by atoms with Gasteiger partial charge in [-0.15, -0.1) is 0 Å². The van der Waals surface area contributed by atoms with Crippen LogP contribution in [0.25, 0.3) is 12.2 Å². The summed E-state index contributed by atoms with van der Waals surface area (Å²) in [4.78, 5) is 21.5. The van der Waals surface area contributed by atoms with Crippen molar-refractivity contribution in [1.82, 2.24) is 0 Å². The van der Waals surface area contributed by atoms with Crippen LogP contribution in [-0.2, 0) is 9.59 Å². The fraction of sp³-hybridized carbons (Fsp3) is 0.280. The zero-order valence-corrected chi connectivity index (χ0v) is 18.8. The maximum atomic E-state index is 10.8. The van der Waals surface area contributed by atoms with Gasteiger partial charge in [-0.25, -0.2) is 9.59 Å². The summed E-state index contributed by atoms with van der Waals surface area (Å²) < 4.78 is 11.9. The first-order valence-corrected chi connectivity index (χ1v) is 10.8. The molecular formula is C25H30N2O6. The Balaban J connectivity index is 1.99. The van der Waals surface area contributed by atoms with E-state index in [-0.39, 0.29) is 0 Å². The molecule has 0 bridgehead atoms. The molecule has 0 amide bonds. The van der Waals surface area contributed by atoms with Crippen molar-refractivity contribution in [3.63, 3.8) is 0 Å². The molecule has 0 saturated heterocycles. The minimum Gasteiger partial charge on any atom is -0.491 e. The Morgan fingerprint density at radius 3 is 1.58 bits per heavy atom. The molecule has 0 aliphatic heterocycles. The fourth-order valence-corrected chi connectivity index (χ4v) is 2.96. The van der Waals surface area contributed by atoms with Crippen LogP contribution in [0.5, 0.6) is 11.5 Å². The molecule has 176 valence electrons. The van der Waals surface area contributed by atoms with Crippen molar-refractivity contribution in [2.24, 2.45) is 0 Å². The molecule has 8 heteroatoms. The number of hydrogen-bond acceptors (Lipinski definition) is 6. The van der Waals surface area contributed by atoms with Crippen LogP contribution in [0.2, 0.25) is 0 Å². The van der Waals surface area contributed by atoms with Crippen LogP contribution >= 0.6 is 0 Å². The maximum Gasteiger partial charge on any atom is 0.328 e. The molecule has 0 saturated carbocycles. The SMILES string of the molecule is CCNc1ccc(C=CC(=O)O)cc1OCCCOc1cc(C=CC(=O)O)ccc1NCC. The van der Waals surface area contributed by atoms with E-state index in [0.717, 1.165) is 47.7 Å². The molecule has 2 aromatic carbocycles. The van der Waals surface area contributed by atoms with Gasteiger partial charge >= 0.3 is 11.9 Å². The molecule has 0 aliphatic carbocycles. The summed E-state index contributed by atoms with van der Waals surface area (Å²) in [6, 6.07) is 10.9. The summed E-state index contributed by atoms with van der Waals surface area (Å²) in [7, 11) is 0. The van der Waals surface area contributed by atoms with Gasteiger partial charge in [-0.05, 0) is 61.4 Å². The summed E-state index contributed by atoms with van der Waals surface area (Å²) in [5.41, 5.74) is 3.12. The highest BCUT2D eigenvalue weighted by Crippen LogP contribution is 2.28. The van der Waals surface area contributed by atoms with Crippen LogP contribution < -0.4 is 20.1 Å². The minimum atomic E-state index is -1.01.